The zero-order valence-electron chi connectivity index (χ0n) is 13.5. The molecule has 0 saturated heterocycles. The number of hydrogen-bond acceptors (Lipinski definition) is 5. The molecule has 0 spiro atoms. The highest BCUT2D eigenvalue weighted by molar-refractivity contribution is 6.07. The molecule has 1 aliphatic heterocycles. The number of ether oxygens (including phenoxy) is 2. The first-order chi connectivity index (χ1) is 10.6. The van der Waals surface area contributed by atoms with Crippen LogP contribution in [-0.2, 0) is 0 Å². The molecule has 0 N–H and O–H groups in total. The number of benzene rings is 1. The molecular weight excluding hydrogens is 282 g/mol. The summed E-state index contributed by atoms with van der Waals surface area (Å²) in [5.41, 5.74) is 0.859. The summed E-state index contributed by atoms with van der Waals surface area (Å²) in [4.78, 5) is 26.1. The van der Waals surface area contributed by atoms with Crippen LogP contribution in [0.2, 0.25) is 0 Å². The third kappa shape index (κ3) is 3.47. The molecule has 5 nitrogen and oxygen atoms in total. The average molecular weight is 305 g/mol. The van der Waals surface area contributed by atoms with Crippen LogP contribution in [0, 0.1) is 0 Å². The predicted octanol–water partition coefficient (Wildman–Crippen LogP) is 2.58. The molecule has 1 aliphatic rings. The lowest BCUT2D eigenvalue weighted by Gasteiger charge is -2.23. The quantitative estimate of drug-likeness (QED) is 0.725. The Hall–Kier alpha value is -1.88. The summed E-state index contributed by atoms with van der Waals surface area (Å²) in [6.07, 6.45) is 0.320. The fourth-order valence-corrected chi connectivity index (χ4v) is 2.57. The largest absolute Gasteiger partial charge is 0.491 e. The number of Topliss-reactive ketones (excluding diaryl/α,β-unsaturated/α-hetero) is 2. The number of carbonyl (C=O) groups is 2. The van der Waals surface area contributed by atoms with Crippen LogP contribution in [0.15, 0.2) is 12.1 Å². The molecule has 0 aliphatic carbocycles. The van der Waals surface area contributed by atoms with Crippen LogP contribution < -0.4 is 9.47 Å². The van der Waals surface area contributed by atoms with E-state index in [0.717, 1.165) is 19.6 Å². The van der Waals surface area contributed by atoms with Crippen LogP contribution in [-0.4, -0.2) is 49.3 Å². The smallest absolute Gasteiger partial charge is 0.173 e. The molecule has 0 amide bonds. The number of rotatable bonds is 7. The number of nitrogens with zero attached hydrogens (tertiary/aromatic N) is 1. The lowest BCUT2D eigenvalue weighted by Crippen LogP contribution is -2.28. The fraction of sp³-hybridized carbons (Fsp3) is 0.529. The molecule has 2 rings (SSSR count). The van der Waals surface area contributed by atoms with Crippen molar-refractivity contribution in [3.8, 4) is 11.5 Å². The first-order valence-electron chi connectivity index (χ1n) is 7.77. The monoisotopic (exact) mass is 305 g/mol. The van der Waals surface area contributed by atoms with Crippen LogP contribution in [0.25, 0.3) is 0 Å². The van der Waals surface area contributed by atoms with E-state index in [0.29, 0.717) is 42.3 Å². The van der Waals surface area contributed by atoms with Gasteiger partial charge in [-0.05, 0) is 32.1 Å². The van der Waals surface area contributed by atoms with Gasteiger partial charge >= 0.3 is 0 Å². The molecule has 5 heteroatoms. The highest BCUT2D eigenvalue weighted by atomic mass is 16.5. The Labute approximate surface area is 131 Å². The number of fused-ring (bicyclic) bond motifs is 1. The van der Waals surface area contributed by atoms with Gasteiger partial charge in [-0.3, -0.25) is 9.59 Å². The number of carbonyl (C=O) groups excluding carboxylic acids is 2. The van der Waals surface area contributed by atoms with Gasteiger partial charge in [0.05, 0.1) is 12.2 Å². The highest BCUT2D eigenvalue weighted by Crippen LogP contribution is 2.36. The van der Waals surface area contributed by atoms with Crippen molar-refractivity contribution in [1.82, 2.24) is 4.90 Å². The van der Waals surface area contributed by atoms with Gasteiger partial charge in [-0.15, -0.1) is 0 Å². The number of likely N-dealkylation sites (N-methyl/N-ethyl adjacent to an activating group) is 1. The Kier molecular flexibility index (Phi) is 5.55. The second kappa shape index (κ2) is 7.40. The molecule has 22 heavy (non-hydrogen) atoms. The van der Waals surface area contributed by atoms with E-state index in [4.69, 9.17) is 9.47 Å². The molecule has 0 bridgehead atoms. The molecule has 0 unspecified atom stereocenters. The molecule has 0 saturated carbocycles. The molecule has 1 aromatic rings. The van der Waals surface area contributed by atoms with E-state index in [1.165, 1.54) is 6.92 Å². The van der Waals surface area contributed by atoms with Crippen molar-refractivity contribution in [1.29, 1.82) is 0 Å². The summed E-state index contributed by atoms with van der Waals surface area (Å²) in [5.74, 6) is 0.753. The molecule has 0 radical (unpaired) electrons. The number of ketones is 2. The van der Waals surface area contributed by atoms with Gasteiger partial charge in [0.2, 0.25) is 0 Å². The Morgan fingerprint density at radius 1 is 1.32 bits per heavy atom. The highest BCUT2D eigenvalue weighted by Gasteiger charge is 2.27. The lowest BCUT2D eigenvalue weighted by molar-refractivity contribution is 0.0924. The van der Waals surface area contributed by atoms with Crippen molar-refractivity contribution >= 4 is 11.6 Å². The van der Waals surface area contributed by atoms with Crippen LogP contribution in [0.3, 0.4) is 0 Å². The van der Waals surface area contributed by atoms with Crippen LogP contribution >= 0.6 is 0 Å². The zero-order chi connectivity index (χ0) is 16.1. The van der Waals surface area contributed by atoms with Gasteiger partial charge in [-0.1, -0.05) is 13.8 Å². The predicted molar refractivity (Wildman–Crippen MR) is 84.2 cm³/mol. The maximum atomic E-state index is 12.2. The van der Waals surface area contributed by atoms with Gasteiger partial charge in [-0.2, -0.15) is 0 Å². The van der Waals surface area contributed by atoms with Gasteiger partial charge in [0.15, 0.2) is 11.6 Å². The van der Waals surface area contributed by atoms with E-state index in [9.17, 15) is 9.59 Å². The standard InChI is InChI=1S/C17H23NO4/c1-4-18(5-2)9-11-21-15-7-6-13(12(3)19)17-16(15)14(20)8-10-22-17/h6-7H,4-5,8-11H2,1-3H3. The minimum Gasteiger partial charge on any atom is -0.491 e. The summed E-state index contributed by atoms with van der Waals surface area (Å²) in [6.45, 7) is 9.21. The third-order valence-corrected chi connectivity index (χ3v) is 3.91. The topological polar surface area (TPSA) is 55.8 Å². The molecule has 0 atom stereocenters. The van der Waals surface area contributed by atoms with E-state index < -0.39 is 0 Å². The third-order valence-electron chi connectivity index (χ3n) is 3.91. The molecule has 120 valence electrons. The Morgan fingerprint density at radius 2 is 2.05 bits per heavy atom. The Morgan fingerprint density at radius 3 is 2.68 bits per heavy atom. The molecular formula is C17H23NO4. The Bertz CT molecular complexity index is 564. The molecule has 1 heterocycles. The summed E-state index contributed by atoms with van der Waals surface area (Å²) >= 11 is 0. The van der Waals surface area contributed by atoms with Gasteiger partial charge in [0.1, 0.15) is 23.7 Å². The van der Waals surface area contributed by atoms with Gasteiger partial charge in [0.25, 0.3) is 0 Å². The maximum Gasteiger partial charge on any atom is 0.173 e. The lowest BCUT2D eigenvalue weighted by atomic mass is 9.98. The van der Waals surface area contributed by atoms with E-state index >= 15 is 0 Å². The van der Waals surface area contributed by atoms with Gasteiger partial charge in [-0.25, -0.2) is 0 Å². The summed E-state index contributed by atoms with van der Waals surface area (Å²) in [5, 5.41) is 0. The second-order valence-electron chi connectivity index (χ2n) is 5.27. The molecule has 1 aromatic carbocycles. The van der Waals surface area contributed by atoms with Gasteiger partial charge in [0, 0.05) is 13.0 Å². The van der Waals surface area contributed by atoms with Gasteiger partial charge < -0.3 is 14.4 Å². The Balaban J connectivity index is 2.22. The molecule has 0 aromatic heterocycles. The molecule has 0 fully saturated rings. The van der Waals surface area contributed by atoms with E-state index in [1.807, 2.05) is 0 Å². The van der Waals surface area contributed by atoms with Crippen molar-refractivity contribution < 1.29 is 19.1 Å². The minimum atomic E-state index is -0.111. The number of hydrogen-bond donors (Lipinski definition) is 0. The summed E-state index contributed by atoms with van der Waals surface area (Å²) in [6, 6.07) is 3.37. The first-order valence-corrected chi connectivity index (χ1v) is 7.77. The summed E-state index contributed by atoms with van der Waals surface area (Å²) < 4.78 is 11.4. The van der Waals surface area contributed by atoms with Crippen molar-refractivity contribution in [2.45, 2.75) is 27.2 Å². The van der Waals surface area contributed by atoms with E-state index in [-0.39, 0.29) is 11.6 Å². The van der Waals surface area contributed by atoms with E-state index in [1.54, 1.807) is 12.1 Å². The van der Waals surface area contributed by atoms with Crippen molar-refractivity contribution in [3.05, 3.63) is 23.3 Å². The van der Waals surface area contributed by atoms with Crippen molar-refractivity contribution in [2.24, 2.45) is 0 Å². The van der Waals surface area contributed by atoms with Crippen molar-refractivity contribution in [3.63, 3.8) is 0 Å². The SMILES string of the molecule is CCN(CC)CCOc1ccc(C(C)=O)c2c1C(=O)CCO2. The fourth-order valence-electron chi connectivity index (χ4n) is 2.57. The summed E-state index contributed by atoms with van der Waals surface area (Å²) in [7, 11) is 0. The minimum absolute atomic E-state index is 0.0258. The van der Waals surface area contributed by atoms with E-state index in [2.05, 4.69) is 18.7 Å². The van der Waals surface area contributed by atoms with Crippen LogP contribution in [0.4, 0.5) is 0 Å². The zero-order valence-corrected chi connectivity index (χ0v) is 13.5. The van der Waals surface area contributed by atoms with Crippen LogP contribution in [0.5, 0.6) is 11.5 Å². The van der Waals surface area contributed by atoms with Crippen molar-refractivity contribution in [2.75, 3.05) is 32.8 Å². The average Bonchev–Trinajstić information content (AvgIpc) is 2.51. The maximum absolute atomic E-state index is 12.2. The van der Waals surface area contributed by atoms with Crippen LogP contribution in [0.1, 0.15) is 47.9 Å². The normalized spacial score (nSPS) is 13.7. The first kappa shape index (κ1) is 16.5. The second-order valence-corrected chi connectivity index (χ2v) is 5.27.